The van der Waals surface area contributed by atoms with Crippen LogP contribution < -0.4 is 10.6 Å². The molecule has 2 unspecified atom stereocenters. The molecule has 124 valence electrons. The second kappa shape index (κ2) is 8.46. The van der Waals surface area contributed by atoms with Gasteiger partial charge in [0.15, 0.2) is 0 Å². The smallest absolute Gasteiger partial charge is 0.128 e. The normalized spacial score (nSPS) is 20.8. The number of ether oxygens (including phenoxy) is 1. The molecule has 0 radical (unpaired) electrons. The van der Waals surface area contributed by atoms with Gasteiger partial charge in [-0.15, -0.1) is 0 Å². The Morgan fingerprint density at radius 1 is 1.45 bits per heavy atom. The molecule has 22 heavy (non-hydrogen) atoms. The standard InChI is InChI=1S/C17H30N4O/c1-14(18)16-6-4-5-9-21(16)13-15-7-8-17(19-12-15)20(2)10-11-22-3/h7-8,12,14,16H,4-6,9-11,13,18H2,1-3H3. The average Bonchev–Trinajstić information content (AvgIpc) is 2.53. The number of likely N-dealkylation sites (tertiary alicyclic amines) is 1. The number of aromatic nitrogens is 1. The predicted molar refractivity (Wildman–Crippen MR) is 91.1 cm³/mol. The lowest BCUT2D eigenvalue weighted by atomic mass is 9.96. The number of hydrogen-bond acceptors (Lipinski definition) is 5. The monoisotopic (exact) mass is 306 g/mol. The maximum Gasteiger partial charge on any atom is 0.128 e. The third-order valence-corrected chi connectivity index (χ3v) is 4.49. The van der Waals surface area contributed by atoms with Crippen LogP contribution >= 0.6 is 0 Å². The Kier molecular flexibility index (Phi) is 6.61. The molecule has 0 saturated carbocycles. The zero-order valence-corrected chi connectivity index (χ0v) is 14.2. The molecule has 1 fully saturated rings. The van der Waals surface area contributed by atoms with Crippen molar-refractivity contribution in [2.24, 2.45) is 5.73 Å². The van der Waals surface area contributed by atoms with Crippen LogP contribution in [0.2, 0.25) is 0 Å². The van der Waals surface area contributed by atoms with E-state index in [0.29, 0.717) is 12.6 Å². The van der Waals surface area contributed by atoms with Gasteiger partial charge in [0, 0.05) is 45.5 Å². The average molecular weight is 306 g/mol. The minimum atomic E-state index is 0.229. The van der Waals surface area contributed by atoms with Crippen LogP contribution in [0.5, 0.6) is 0 Å². The summed E-state index contributed by atoms with van der Waals surface area (Å²) >= 11 is 0. The van der Waals surface area contributed by atoms with Crippen molar-refractivity contribution in [3.05, 3.63) is 23.9 Å². The van der Waals surface area contributed by atoms with Gasteiger partial charge in [-0.2, -0.15) is 0 Å². The van der Waals surface area contributed by atoms with E-state index in [1.807, 2.05) is 13.2 Å². The summed E-state index contributed by atoms with van der Waals surface area (Å²) in [4.78, 5) is 9.20. The van der Waals surface area contributed by atoms with E-state index in [-0.39, 0.29) is 6.04 Å². The Morgan fingerprint density at radius 3 is 2.91 bits per heavy atom. The summed E-state index contributed by atoms with van der Waals surface area (Å²) in [6, 6.07) is 5.00. The number of hydrogen-bond donors (Lipinski definition) is 1. The highest BCUT2D eigenvalue weighted by Crippen LogP contribution is 2.21. The largest absolute Gasteiger partial charge is 0.383 e. The number of anilines is 1. The number of nitrogens with two attached hydrogens (primary N) is 1. The van der Waals surface area contributed by atoms with E-state index in [1.165, 1.54) is 24.8 Å². The minimum absolute atomic E-state index is 0.229. The second-order valence-electron chi connectivity index (χ2n) is 6.33. The third-order valence-electron chi connectivity index (χ3n) is 4.49. The highest BCUT2D eigenvalue weighted by atomic mass is 16.5. The maximum atomic E-state index is 6.15. The number of rotatable bonds is 7. The zero-order chi connectivity index (χ0) is 15.9. The quantitative estimate of drug-likeness (QED) is 0.833. The summed E-state index contributed by atoms with van der Waals surface area (Å²) in [5, 5.41) is 0. The summed E-state index contributed by atoms with van der Waals surface area (Å²) in [7, 11) is 3.76. The predicted octanol–water partition coefficient (Wildman–Crippen LogP) is 1.87. The van der Waals surface area contributed by atoms with Crippen molar-refractivity contribution in [1.29, 1.82) is 0 Å². The molecule has 1 aromatic rings. The lowest BCUT2D eigenvalue weighted by molar-refractivity contribution is 0.123. The molecule has 5 nitrogen and oxygen atoms in total. The summed E-state index contributed by atoms with van der Waals surface area (Å²) in [5.74, 6) is 0.989. The molecule has 5 heteroatoms. The molecule has 1 saturated heterocycles. The SMILES string of the molecule is COCCN(C)c1ccc(CN2CCCCC2C(C)N)cn1. The molecular weight excluding hydrogens is 276 g/mol. The first-order valence-corrected chi connectivity index (χ1v) is 8.26. The van der Waals surface area contributed by atoms with E-state index in [9.17, 15) is 0 Å². The van der Waals surface area contributed by atoms with Crippen molar-refractivity contribution < 1.29 is 4.74 Å². The molecule has 2 N–H and O–H groups in total. The van der Waals surface area contributed by atoms with Crippen molar-refractivity contribution in [3.63, 3.8) is 0 Å². The van der Waals surface area contributed by atoms with Gasteiger partial charge >= 0.3 is 0 Å². The number of likely N-dealkylation sites (N-methyl/N-ethyl adjacent to an activating group) is 1. The van der Waals surface area contributed by atoms with Crippen LogP contribution in [-0.2, 0) is 11.3 Å². The third kappa shape index (κ3) is 4.66. The molecule has 0 bridgehead atoms. The van der Waals surface area contributed by atoms with Gasteiger partial charge in [-0.05, 0) is 37.9 Å². The second-order valence-corrected chi connectivity index (χ2v) is 6.33. The fourth-order valence-corrected chi connectivity index (χ4v) is 3.12. The van der Waals surface area contributed by atoms with E-state index >= 15 is 0 Å². The maximum absolute atomic E-state index is 6.15. The van der Waals surface area contributed by atoms with Crippen LogP contribution in [-0.4, -0.2) is 55.8 Å². The van der Waals surface area contributed by atoms with E-state index < -0.39 is 0 Å². The Hall–Kier alpha value is -1.17. The van der Waals surface area contributed by atoms with Crippen LogP contribution in [0.1, 0.15) is 31.7 Å². The van der Waals surface area contributed by atoms with Crippen LogP contribution in [0, 0.1) is 0 Å². The van der Waals surface area contributed by atoms with Crippen LogP contribution in [0.15, 0.2) is 18.3 Å². The molecule has 0 amide bonds. The molecule has 0 aromatic carbocycles. The Labute approximate surface area is 134 Å². The summed E-state index contributed by atoms with van der Waals surface area (Å²) in [5.41, 5.74) is 7.41. The first-order chi connectivity index (χ1) is 10.6. The van der Waals surface area contributed by atoms with E-state index in [1.54, 1.807) is 7.11 Å². The Morgan fingerprint density at radius 2 is 2.27 bits per heavy atom. The van der Waals surface area contributed by atoms with E-state index in [4.69, 9.17) is 10.5 Å². The number of piperidine rings is 1. The highest BCUT2D eigenvalue weighted by Gasteiger charge is 2.25. The molecule has 2 rings (SSSR count). The molecule has 2 atom stereocenters. The molecule has 0 spiro atoms. The fraction of sp³-hybridized carbons (Fsp3) is 0.706. The van der Waals surface area contributed by atoms with Crippen molar-refractivity contribution in [2.75, 3.05) is 38.8 Å². The molecule has 2 heterocycles. The topological polar surface area (TPSA) is 54.6 Å². The molecule has 0 aliphatic carbocycles. The van der Waals surface area contributed by atoms with Gasteiger partial charge < -0.3 is 15.4 Å². The Bertz CT molecular complexity index is 435. The summed E-state index contributed by atoms with van der Waals surface area (Å²) in [6.07, 6.45) is 5.77. The van der Waals surface area contributed by atoms with Crippen molar-refractivity contribution in [3.8, 4) is 0 Å². The van der Waals surface area contributed by atoms with Gasteiger partial charge in [0.1, 0.15) is 5.82 Å². The first-order valence-electron chi connectivity index (χ1n) is 8.26. The van der Waals surface area contributed by atoms with Gasteiger partial charge in [-0.25, -0.2) is 4.98 Å². The molecule has 1 aliphatic rings. The van der Waals surface area contributed by atoms with E-state index in [0.717, 1.165) is 25.5 Å². The zero-order valence-electron chi connectivity index (χ0n) is 14.2. The lowest BCUT2D eigenvalue weighted by Crippen LogP contribution is -2.48. The van der Waals surface area contributed by atoms with Crippen molar-refractivity contribution >= 4 is 5.82 Å². The fourth-order valence-electron chi connectivity index (χ4n) is 3.12. The molecule has 1 aromatic heterocycles. The van der Waals surface area contributed by atoms with Crippen LogP contribution in [0.4, 0.5) is 5.82 Å². The highest BCUT2D eigenvalue weighted by molar-refractivity contribution is 5.38. The number of methoxy groups -OCH3 is 1. The van der Waals surface area contributed by atoms with Gasteiger partial charge in [-0.3, -0.25) is 4.90 Å². The van der Waals surface area contributed by atoms with Gasteiger partial charge in [0.25, 0.3) is 0 Å². The van der Waals surface area contributed by atoms with Crippen LogP contribution in [0.25, 0.3) is 0 Å². The number of pyridine rings is 1. The molecule has 1 aliphatic heterocycles. The van der Waals surface area contributed by atoms with E-state index in [2.05, 4.69) is 33.8 Å². The van der Waals surface area contributed by atoms with Gasteiger partial charge in [0.2, 0.25) is 0 Å². The molecular formula is C17H30N4O. The summed E-state index contributed by atoms with van der Waals surface area (Å²) in [6.45, 7) is 5.77. The van der Waals surface area contributed by atoms with Gasteiger partial charge in [0.05, 0.1) is 6.61 Å². The summed E-state index contributed by atoms with van der Waals surface area (Å²) < 4.78 is 5.10. The first kappa shape index (κ1) is 17.2. The van der Waals surface area contributed by atoms with Crippen molar-refractivity contribution in [1.82, 2.24) is 9.88 Å². The van der Waals surface area contributed by atoms with Gasteiger partial charge in [-0.1, -0.05) is 12.5 Å². The van der Waals surface area contributed by atoms with Crippen molar-refractivity contribution in [2.45, 2.75) is 44.8 Å². The lowest BCUT2D eigenvalue weighted by Gasteiger charge is -2.38. The Balaban J connectivity index is 1.95. The minimum Gasteiger partial charge on any atom is -0.383 e. The number of nitrogens with zero attached hydrogens (tertiary/aromatic N) is 3. The van der Waals surface area contributed by atoms with Crippen LogP contribution in [0.3, 0.4) is 0 Å².